The molecular weight excluding hydrogens is 277 g/mol. The van der Waals surface area contributed by atoms with Crippen LogP contribution in [0.3, 0.4) is 0 Å². The summed E-state index contributed by atoms with van der Waals surface area (Å²) >= 11 is 0. The molecule has 0 heterocycles. The molecule has 0 rings (SSSR count). The summed E-state index contributed by atoms with van der Waals surface area (Å²) in [6.45, 7) is -0.836. The maximum Gasteiger partial charge on any atom is 2.00 e. The number of aliphatic hydroxyl groups excluding tert-OH is 1. The van der Waals surface area contributed by atoms with E-state index in [9.17, 15) is 18.9 Å². The van der Waals surface area contributed by atoms with Crippen molar-refractivity contribution < 1.29 is 79.7 Å². The fourth-order valence-corrected chi connectivity index (χ4v) is 1.08. The molecule has 2 unspecified atom stereocenters. The van der Waals surface area contributed by atoms with Crippen LogP contribution >= 0.6 is 16.5 Å². The normalized spacial score (nSPS) is 16.2. The fraction of sp³-hybridized carbons (Fsp3) is 1.00. The van der Waals surface area contributed by atoms with E-state index in [1.807, 2.05) is 0 Å². The van der Waals surface area contributed by atoms with E-state index in [0.29, 0.717) is 0 Å². The summed E-state index contributed by atoms with van der Waals surface area (Å²) in [5.41, 5.74) is 0. The molecule has 0 aliphatic rings. The minimum atomic E-state index is -3.54. The summed E-state index contributed by atoms with van der Waals surface area (Å²) in [5.74, 6) is 0. The predicted octanol–water partition coefficient (Wildman–Crippen LogP) is -5.16. The zero-order valence-electron chi connectivity index (χ0n) is 6.53. The van der Waals surface area contributed by atoms with Gasteiger partial charge in [-0.3, -0.25) is 0 Å². The molecule has 0 aliphatic carbocycles. The van der Waals surface area contributed by atoms with E-state index in [0.717, 1.165) is 0 Å². The van der Waals surface area contributed by atoms with Crippen molar-refractivity contribution in [3.63, 3.8) is 0 Å². The van der Waals surface area contributed by atoms with Crippen LogP contribution < -0.4 is 39.3 Å². The molecule has 0 saturated carbocycles. The minimum Gasteiger partial charge on any atom is -0.781 e. The van der Waals surface area contributed by atoms with Crippen LogP contribution in [0.5, 0.6) is 0 Å². The number of aliphatic hydroxyl groups is 1. The van der Waals surface area contributed by atoms with Gasteiger partial charge in [-0.25, -0.2) is 0 Å². The summed E-state index contributed by atoms with van der Waals surface area (Å²) in [6, 6.07) is 0. The average Bonchev–Trinajstić information content (AvgIpc) is 1.84. The number of hydrogen-bond donors (Lipinski definition) is 1. The van der Waals surface area contributed by atoms with Crippen LogP contribution in [0.15, 0.2) is 0 Å². The molecule has 0 spiro atoms. The van der Waals surface area contributed by atoms with Crippen LogP contribution in [0.25, 0.3) is 0 Å². The Morgan fingerprint density at radius 2 is 1.54 bits per heavy atom. The second-order valence-corrected chi connectivity index (χ2v) is 2.82. The Labute approximate surface area is 108 Å². The first-order valence-electron chi connectivity index (χ1n) is 2.42. The number of rotatable bonds is 5. The Morgan fingerprint density at radius 1 is 1.23 bits per heavy atom. The third kappa shape index (κ3) is 13.8. The maximum atomic E-state index is 9.82. The first-order valence-corrected chi connectivity index (χ1v) is 4.87. The molecule has 13 heavy (non-hydrogen) atoms. The van der Waals surface area contributed by atoms with E-state index in [4.69, 9.17) is 5.11 Å². The van der Waals surface area contributed by atoms with Gasteiger partial charge < -0.3 is 33.1 Å². The molecule has 0 saturated heterocycles. The topological polar surface area (TPSA) is 119 Å². The zero-order chi connectivity index (χ0) is 8.85. The third-order valence-electron chi connectivity index (χ3n) is 0.604. The first-order chi connectivity index (χ1) is 5.06. The molecule has 0 fully saturated rings. The molecule has 0 aromatic carbocycles. The number of hydrogen-bond acceptors (Lipinski definition) is 7. The van der Waals surface area contributed by atoms with Crippen LogP contribution in [0, 0.1) is 0 Å². The Bertz CT molecular complexity index is 151. The van der Waals surface area contributed by atoms with Gasteiger partial charge in [-0.05, 0) is 0 Å². The van der Waals surface area contributed by atoms with E-state index in [2.05, 4.69) is 9.05 Å². The average molecular weight is 283 g/mol. The Balaban J connectivity index is -0.000000500. The third-order valence-corrected chi connectivity index (χ3v) is 1.52. The summed E-state index contributed by atoms with van der Waals surface area (Å²) in [7, 11) is -7.07. The summed E-state index contributed by atoms with van der Waals surface area (Å²) in [5, 5.41) is 8.25. The molecule has 0 amide bonds. The second kappa shape index (κ2) is 11.9. The van der Waals surface area contributed by atoms with Crippen LogP contribution in [-0.2, 0) is 35.2 Å². The van der Waals surface area contributed by atoms with E-state index in [-0.39, 0.29) is 46.6 Å². The summed E-state index contributed by atoms with van der Waals surface area (Å²) in [6.07, 6.45) is -1.64. The molecule has 0 radical (unpaired) electrons. The van der Waals surface area contributed by atoms with Gasteiger partial charge in [0.2, 0.25) is 0 Å². The van der Waals surface area contributed by atoms with Crippen LogP contribution in [0.4, 0.5) is 0 Å². The molecule has 0 aromatic heterocycles. The molecule has 2 atom stereocenters. The molecule has 7 nitrogen and oxygen atoms in total. The minimum absolute atomic E-state index is 0. The maximum absolute atomic E-state index is 9.82. The van der Waals surface area contributed by atoms with E-state index in [1.165, 1.54) is 0 Å². The fourth-order valence-electron chi connectivity index (χ4n) is 0.313. The van der Waals surface area contributed by atoms with Crippen molar-refractivity contribution in [1.29, 1.82) is 0 Å². The second-order valence-electron chi connectivity index (χ2n) is 1.35. The van der Waals surface area contributed by atoms with E-state index >= 15 is 0 Å². The predicted molar refractivity (Wildman–Crippen MR) is 31.0 cm³/mol. The summed E-state index contributed by atoms with van der Waals surface area (Å²) in [4.78, 5) is 19.6. The van der Waals surface area contributed by atoms with Crippen molar-refractivity contribution in [1.82, 2.24) is 0 Å². The first kappa shape index (κ1) is 20.2. The molecule has 74 valence electrons. The van der Waals surface area contributed by atoms with E-state index in [1.54, 1.807) is 0 Å². The van der Waals surface area contributed by atoms with Gasteiger partial charge in [0, 0.05) is 0 Å². The van der Waals surface area contributed by atoms with E-state index < -0.39 is 29.4 Å². The zero-order valence-corrected chi connectivity index (χ0v) is 11.6. The van der Waals surface area contributed by atoms with Gasteiger partial charge in [0.25, 0.3) is 0 Å². The van der Waals surface area contributed by atoms with Crippen molar-refractivity contribution in [3.8, 4) is 0 Å². The van der Waals surface area contributed by atoms with Crippen LogP contribution in [0.1, 0.15) is 0 Å². The largest absolute Gasteiger partial charge is 2.00 e. The van der Waals surface area contributed by atoms with Gasteiger partial charge in [0.05, 0.1) is 6.61 Å². The van der Waals surface area contributed by atoms with Crippen molar-refractivity contribution in [3.05, 3.63) is 0 Å². The molecule has 1 N–H and O–H groups in total. The van der Waals surface area contributed by atoms with Gasteiger partial charge in [0.15, 0.2) is 6.29 Å². The Morgan fingerprint density at radius 3 is 1.69 bits per heavy atom. The molecule has 11 heteroatoms. The Kier molecular flexibility index (Phi) is 18.4. The smallest absolute Gasteiger partial charge is 0.781 e. The van der Waals surface area contributed by atoms with Crippen molar-refractivity contribution in [2.75, 3.05) is 6.61 Å². The van der Waals surface area contributed by atoms with Crippen LogP contribution in [-0.4, -0.2) is 18.0 Å². The van der Waals surface area contributed by atoms with Gasteiger partial charge >= 0.3 is 46.6 Å². The van der Waals surface area contributed by atoms with Gasteiger partial charge in [-0.2, -0.15) is 0 Å². The standard InChI is InChI=1S/C2H8O7P2.Fe.Na/c3-1-2(8-10(4)5)9-11(6)7;;/h2-3,10-11H,1H2,(H,4,5)(H,6,7);;/q;+2;+1/p-2. The quantitative estimate of drug-likeness (QED) is 0.304. The molecule has 0 aliphatic heterocycles. The van der Waals surface area contributed by atoms with Gasteiger partial charge in [0.1, 0.15) is 16.5 Å². The monoisotopic (exact) mass is 283 g/mol. The molecule has 0 aromatic rings. The van der Waals surface area contributed by atoms with Gasteiger partial charge in [-0.1, -0.05) is 0 Å². The van der Waals surface area contributed by atoms with Crippen molar-refractivity contribution in [2.24, 2.45) is 0 Å². The molecule has 0 bridgehead atoms. The van der Waals surface area contributed by atoms with Crippen molar-refractivity contribution in [2.45, 2.75) is 6.29 Å². The summed E-state index contributed by atoms with van der Waals surface area (Å²) < 4.78 is 27.3. The van der Waals surface area contributed by atoms with Crippen molar-refractivity contribution >= 4 is 16.5 Å². The Hall–Kier alpha value is 1.78. The van der Waals surface area contributed by atoms with Crippen LogP contribution in [0.2, 0.25) is 0 Å². The molecular formula is C2H6FeNaO7P2+. The SMILES string of the molecule is O=[PH]([O-])OC(CO)O[PH](=O)[O-].[Fe+2].[Na+]. The van der Waals surface area contributed by atoms with Gasteiger partial charge in [-0.15, -0.1) is 0 Å².